The first-order chi connectivity index (χ1) is 9.13. The summed E-state index contributed by atoms with van der Waals surface area (Å²) in [5.41, 5.74) is 1.19. The van der Waals surface area contributed by atoms with Crippen LogP contribution in [0.5, 0.6) is 5.75 Å². The normalized spacial score (nSPS) is 10.7. The lowest BCUT2D eigenvalue weighted by molar-refractivity contribution is 0.271. The van der Waals surface area contributed by atoms with Crippen LogP contribution in [0.1, 0.15) is 19.4 Å². The molecule has 2 rings (SSSR count). The minimum atomic E-state index is 0.537. The molecular formula is C15H21N3O. The average molecular weight is 259 g/mol. The van der Waals surface area contributed by atoms with Gasteiger partial charge in [-0.2, -0.15) is 5.10 Å². The first kappa shape index (κ1) is 13.5. The molecular weight excluding hydrogens is 238 g/mol. The SMILES string of the molecule is CC(C)COc1cccc(CNc2ccn(C)n2)c1. The van der Waals surface area contributed by atoms with Gasteiger partial charge in [-0.15, -0.1) is 0 Å². The van der Waals surface area contributed by atoms with Crippen LogP contribution in [-0.2, 0) is 13.6 Å². The smallest absolute Gasteiger partial charge is 0.148 e. The third kappa shape index (κ3) is 4.32. The van der Waals surface area contributed by atoms with Crippen LogP contribution in [0, 0.1) is 5.92 Å². The quantitative estimate of drug-likeness (QED) is 0.866. The Bertz CT molecular complexity index is 520. The molecule has 102 valence electrons. The van der Waals surface area contributed by atoms with Crippen molar-refractivity contribution in [2.45, 2.75) is 20.4 Å². The standard InChI is InChI=1S/C15H21N3O/c1-12(2)11-19-14-6-4-5-13(9-14)10-16-15-7-8-18(3)17-15/h4-9,12H,10-11H2,1-3H3,(H,16,17). The number of hydrogen-bond acceptors (Lipinski definition) is 3. The number of nitrogens with one attached hydrogen (secondary N) is 1. The first-order valence-electron chi connectivity index (χ1n) is 6.59. The van der Waals surface area contributed by atoms with E-state index in [1.165, 1.54) is 5.56 Å². The lowest BCUT2D eigenvalue weighted by Crippen LogP contribution is -2.05. The highest BCUT2D eigenvalue weighted by Crippen LogP contribution is 2.15. The van der Waals surface area contributed by atoms with Gasteiger partial charge in [0.1, 0.15) is 11.6 Å². The van der Waals surface area contributed by atoms with Crippen molar-refractivity contribution in [2.24, 2.45) is 13.0 Å². The molecule has 0 unspecified atom stereocenters. The lowest BCUT2D eigenvalue weighted by Gasteiger charge is -2.10. The van der Waals surface area contributed by atoms with Crippen molar-refractivity contribution in [3.05, 3.63) is 42.1 Å². The Morgan fingerprint density at radius 1 is 1.32 bits per heavy atom. The van der Waals surface area contributed by atoms with Gasteiger partial charge in [0.25, 0.3) is 0 Å². The minimum absolute atomic E-state index is 0.537. The molecule has 1 aromatic heterocycles. The van der Waals surface area contributed by atoms with Gasteiger partial charge in [0.05, 0.1) is 6.61 Å². The van der Waals surface area contributed by atoms with Gasteiger partial charge in [-0.25, -0.2) is 0 Å². The van der Waals surface area contributed by atoms with Gasteiger partial charge in [-0.1, -0.05) is 26.0 Å². The van der Waals surface area contributed by atoms with Crippen molar-refractivity contribution >= 4 is 5.82 Å². The molecule has 0 spiro atoms. The van der Waals surface area contributed by atoms with Gasteiger partial charge in [0.2, 0.25) is 0 Å². The molecule has 0 bridgehead atoms. The second-order valence-electron chi connectivity index (χ2n) is 5.08. The Balaban J connectivity index is 1.91. The van der Waals surface area contributed by atoms with Crippen LogP contribution in [0.4, 0.5) is 5.82 Å². The maximum absolute atomic E-state index is 5.72. The minimum Gasteiger partial charge on any atom is -0.493 e. The Hall–Kier alpha value is -1.97. The van der Waals surface area contributed by atoms with Crippen LogP contribution < -0.4 is 10.1 Å². The predicted molar refractivity (Wildman–Crippen MR) is 77.3 cm³/mol. The van der Waals surface area contributed by atoms with Gasteiger partial charge >= 0.3 is 0 Å². The second kappa shape index (κ2) is 6.27. The molecule has 0 aliphatic rings. The summed E-state index contributed by atoms with van der Waals surface area (Å²) in [6.07, 6.45) is 1.92. The molecule has 1 aromatic carbocycles. The van der Waals surface area contributed by atoms with Crippen molar-refractivity contribution in [1.29, 1.82) is 0 Å². The van der Waals surface area contributed by atoms with E-state index in [-0.39, 0.29) is 0 Å². The summed E-state index contributed by atoms with van der Waals surface area (Å²) in [7, 11) is 1.91. The van der Waals surface area contributed by atoms with Crippen LogP contribution in [-0.4, -0.2) is 16.4 Å². The number of nitrogens with zero attached hydrogens (tertiary/aromatic N) is 2. The van der Waals surface area contributed by atoms with Crippen molar-refractivity contribution < 1.29 is 4.74 Å². The fourth-order valence-corrected chi connectivity index (χ4v) is 1.71. The number of rotatable bonds is 6. The zero-order valence-corrected chi connectivity index (χ0v) is 11.8. The molecule has 0 fully saturated rings. The number of aromatic nitrogens is 2. The van der Waals surface area contributed by atoms with E-state index in [1.54, 1.807) is 4.68 Å². The van der Waals surface area contributed by atoms with Crippen LogP contribution >= 0.6 is 0 Å². The van der Waals surface area contributed by atoms with Crippen LogP contribution in [0.15, 0.2) is 36.5 Å². The van der Waals surface area contributed by atoms with Crippen molar-refractivity contribution in [1.82, 2.24) is 9.78 Å². The van der Waals surface area contributed by atoms with E-state index in [2.05, 4.69) is 36.4 Å². The second-order valence-corrected chi connectivity index (χ2v) is 5.08. The summed E-state index contributed by atoms with van der Waals surface area (Å²) in [6, 6.07) is 10.1. The third-order valence-corrected chi connectivity index (χ3v) is 2.67. The number of aryl methyl sites for hydroxylation is 1. The summed E-state index contributed by atoms with van der Waals surface area (Å²) in [5, 5.41) is 7.57. The van der Waals surface area contributed by atoms with E-state index < -0.39 is 0 Å². The molecule has 0 atom stereocenters. The predicted octanol–water partition coefficient (Wildman–Crippen LogP) is 3.07. The topological polar surface area (TPSA) is 39.1 Å². The van der Waals surface area contributed by atoms with Crippen molar-refractivity contribution in [3.8, 4) is 5.75 Å². The van der Waals surface area contributed by atoms with Gasteiger partial charge in [0, 0.05) is 25.9 Å². The summed E-state index contributed by atoms with van der Waals surface area (Å²) in [6.45, 7) is 5.78. The maximum atomic E-state index is 5.72. The van der Waals surface area contributed by atoms with E-state index in [1.807, 2.05) is 31.4 Å². The zero-order chi connectivity index (χ0) is 13.7. The van der Waals surface area contributed by atoms with E-state index >= 15 is 0 Å². The highest BCUT2D eigenvalue weighted by Gasteiger charge is 2.00. The Kier molecular flexibility index (Phi) is 4.44. The number of benzene rings is 1. The molecule has 0 radical (unpaired) electrons. The lowest BCUT2D eigenvalue weighted by atomic mass is 10.2. The summed E-state index contributed by atoms with van der Waals surface area (Å²) >= 11 is 0. The largest absolute Gasteiger partial charge is 0.493 e. The van der Waals surface area contributed by atoms with E-state index in [9.17, 15) is 0 Å². The van der Waals surface area contributed by atoms with Crippen LogP contribution in [0.25, 0.3) is 0 Å². The fraction of sp³-hybridized carbons (Fsp3) is 0.400. The molecule has 1 N–H and O–H groups in total. The summed E-state index contributed by atoms with van der Waals surface area (Å²) in [4.78, 5) is 0. The number of hydrogen-bond donors (Lipinski definition) is 1. The molecule has 0 amide bonds. The Morgan fingerprint density at radius 2 is 2.16 bits per heavy atom. The van der Waals surface area contributed by atoms with Crippen LogP contribution in [0.2, 0.25) is 0 Å². The van der Waals surface area contributed by atoms with Gasteiger partial charge in [-0.3, -0.25) is 4.68 Å². The van der Waals surface area contributed by atoms with E-state index in [4.69, 9.17) is 4.74 Å². The van der Waals surface area contributed by atoms with Gasteiger partial charge in [-0.05, 0) is 23.6 Å². The number of anilines is 1. The average Bonchev–Trinajstić information content (AvgIpc) is 2.80. The summed E-state index contributed by atoms with van der Waals surface area (Å²) in [5.74, 6) is 2.35. The van der Waals surface area contributed by atoms with E-state index in [0.29, 0.717) is 5.92 Å². The highest BCUT2D eigenvalue weighted by molar-refractivity contribution is 5.36. The molecule has 0 aliphatic heterocycles. The molecule has 2 aromatic rings. The Labute approximate surface area is 114 Å². The number of ether oxygens (including phenoxy) is 1. The third-order valence-electron chi connectivity index (χ3n) is 2.67. The molecule has 0 saturated heterocycles. The van der Waals surface area contributed by atoms with E-state index in [0.717, 1.165) is 24.7 Å². The molecule has 0 saturated carbocycles. The molecule has 4 heteroatoms. The zero-order valence-electron chi connectivity index (χ0n) is 11.8. The monoisotopic (exact) mass is 259 g/mol. The molecule has 4 nitrogen and oxygen atoms in total. The Morgan fingerprint density at radius 3 is 2.84 bits per heavy atom. The van der Waals surface area contributed by atoms with Gasteiger partial charge < -0.3 is 10.1 Å². The van der Waals surface area contributed by atoms with Crippen LogP contribution in [0.3, 0.4) is 0 Å². The summed E-state index contributed by atoms with van der Waals surface area (Å²) < 4.78 is 7.50. The van der Waals surface area contributed by atoms with Crippen molar-refractivity contribution in [3.63, 3.8) is 0 Å². The maximum Gasteiger partial charge on any atom is 0.148 e. The van der Waals surface area contributed by atoms with Crippen molar-refractivity contribution in [2.75, 3.05) is 11.9 Å². The molecule has 0 aliphatic carbocycles. The highest BCUT2D eigenvalue weighted by atomic mass is 16.5. The molecule has 1 heterocycles. The molecule has 19 heavy (non-hydrogen) atoms. The van der Waals surface area contributed by atoms with Gasteiger partial charge in [0.15, 0.2) is 0 Å². The first-order valence-corrected chi connectivity index (χ1v) is 6.59. The fourth-order valence-electron chi connectivity index (χ4n) is 1.71.